The maximum absolute atomic E-state index is 12.9. The van der Waals surface area contributed by atoms with Gasteiger partial charge in [0.05, 0.1) is 15.5 Å². The van der Waals surface area contributed by atoms with Gasteiger partial charge in [-0.3, -0.25) is 9.69 Å². The van der Waals surface area contributed by atoms with Crippen LogP contribution in [0.5, 0.6) is 0 Å². The van der Waals surface area contributed by atoms with Gasteiger partial charge in [-0.2, -0.15) is 0 Å². The number of piperazine rings is 1. The molecule has 0 radical (unpaired) electrons. The Kier molecular flexibility index (Phi) is 9.54. The zero-order valence-electron chi connectivity index (χ0n) is 14.9. The first-order chi connectivity index (χ1) is 11.5. The highest BCUT2D eigenvalue weighted by Gasteiger charge is 2.36. The van der Waals surface area contributed by atoms with Crippen LogP contribution in [-0.4, -0.2) is 50.1 Å². The molecule has 1 aliphatic heterocycles. The lowest BCUT2D eigenvalue weighted by Gasteiger charge is -2.32. The standard InChI is InChI=1S/C18H27Cl2N3O.ClH/c1-3-18(4-2,14-5-6-15(19)16(20)13-14)17(24)22-9-12-23-10-7-21-8-11-23;/h5-6,13,21H,3-4,7-12H2,1-2H3,(H,22,24);1H. The average Bonchev–Trinajstić information content (AvgIpc) is 2.60. The predicted octanol–water partition coefficient (Wildman–Crippen LogP) is 3.49. The van der Waals surface area contributed by atoms with E-state index in [1.165, 1.54) is 0 Å². The van der Waals surface area contributed by atoms with E-state index in [4.69, 9.17) is 23.2 Å². The molecule has 2 rings (SSSR count). The van der Waals surface area contributed by atoms with Gasteiger partial charge in [0.1, 0.15) is 0 Å². The molecule has 1 aliphatic rings. The molecule has 1 aromatic carbocycles. The molecule has 0 spiro atoms. The van der Waals surface area contributed by atoms with Crippen molar-refractivity contribution in [3.8, 4) is 0 Å². The van der Waals surface area contributed by atoms with Gasteiger partial charge in [-0.25, -0.2) is 0 Å². The van der Waals surface area contributed by atoms with Crippen LogP contribution in [0.2, 0.25) is 10.0 Å². The lowest BCUT2D eigenvalue weighted by molar-refractivity contribution is -0.127. The Morgan fingerprint density at radius 2 is 1.84 bits per heavy atom. The zero-order valence-corrected chi connectivity index (χ0v) is 17.2. The van der Waals surface area contributed by atoms with Gasteiger partial charge in [0.15, 0.2) is 0 Å². The minimum Gasteiger partial charge on any atom is -0.354 e. The number of nitrogens with one attached hydrogen (secondary N) is 2. The summed E-state index contributed by atoms with van der Waals surface area (Å²) < 4.78 is 0. The fraction of sp³-hybridized carbons (Fsp3) is 0.611. The Hall–Kier alpha value is -0.520. The maximum Gasteiger partial charge on any atom is 0.230 e. The second-order valence-corrected chi connectivity index (χ2v) is 7.08. The molecule has 1 aromatic rings. The number of carbonyl (C=O) groups is 1. The van der Waals surface area contributed by atoms with E-state index in [-0.39, 0.29) is 18.3 Å². The SMILES string of the molecule is CCC(CC)(C(=O)NCCN1CCNCC1)c1ccc(Cl)c(Cl)c1.Cl. The van der Waals surface area contributed by atoms with E-state index < -0.39 is 5.41 Å². The number of hydrogen-bond donors (Lipinski definition) is 2. The first kappa shape index (κ1) is 22.5. The number of nitrogens with zero attached hydrogens (tertiary/aromatic N) is 1. The molecule has 0 aliphatic carbocycles. The smallest absolute Gasteiger partial charge is 0.230 e. The highest BCUT2D eigenvalue weighted by molar-refractivity contribution is 6.42. The minimum absolute atomic E-state index is 0. The van der Waals surface area contributed by atoms with Crippen molar-refractivity contribution < 1.29 is 4.79 Å². The summed E-state index contributed by atoms with van der Waals surface area (Å²) in [5.41, 5.74) is 0.374. The summed E-state index contributed by atoms with van der Waals surface area (Å²) in [4.78, 5) is 15.3. The topological polar surface area (TPSA) is 44.4 Å². The summed E-state index contributed by atoms with van der Waals surface area (Å²) in [5.74, 6) is 0.0704. The molecule has 1 heterocycles. The van der Waals surface area contributed by atoms with Crippen LogP contribution >= 0.6 is 35.6 Å². The average molecular weight is 409 g/mol. The second kappa shape index (κ2) is 10.6. The van der Waals surface area contributed by atoms with Crippen LogP contribution in [0.3, 0.4) is 0 Å². The Labute approximate surface area is 167 Å². The lowest BCUT2D eigenvalue weighted by Crippen LogP contribution is -2.49. The van der Waals surface area contributed by atoms with Gasteiger partial charge < -0.3 is 10.6 Å². The van der Waals surface area contributed by atoms with Gasteiger partial charge in [-0.15, -0.1) is 12.4 Å². The van der Waals surface area contributed by atoms with E-state index in [0.717, 1.165) is 51.1 Å². The fourth-order valence-electron chi connectivity index (χ4n) is 3.34. The third kappa shape index (κ3) is 5.48. The molecule has 4 nitrogen and oxygen atoms in total. The summed E-state index contributed by atoms with van der Waals surface area (Å²) in [7, 11) is 0. The van der Waals surface area contributed by atoms with Gasteiger partial charge in [-0.05, 0) is 30.5 Å². The van der Waals surface area contributed by atoms with Crippen LogP contribution in [-0.2, 0) is 10.2 Å². The van der Waals surface area contributed by atoms with Gasteiger partial charge >= 0.3 is 0 Å². The van der Waals surface area contributed by atoms with Crippen LogP contribution in [0.25, 0.3) is 0 Å². The summed E-state index contributed by atoms with van der Waals surface area (Å²) in [6, 6.07) is 5.51. The molecule has 2 N–H and O–H groups in total. The molecule has 142 valence electrons. The molecule has 0 atom stereocenters. The van der Waals surface area contributed by atoms with E-state index in [0.29, 0.717) is 16.6 Å². The Morgan fingerprint density at radius 1 is 1.20 bits per heavy atom. The van der Waals surface area contributed by atoms with Crippen LogP contribution in [0, 0.1) is 0 Å². The lowest BCUT2D eigenvalue weighted by atomic mass is 9.75. The summed E-state index contributed by atoms with van der Waals surface area (Å²) in [6.07, 6.45) is 1.45. The zero-order chi connectivity index (χ0) is 17.6. The number of hydrogen-bond acceptors (Lipinski definition) is 3. The normalized spacial score (nSPS) is 15.5. The maximum atomic E-state index is 12.9. The van der Waals surface area contributed by atoms with E-state index in [2.05, 4.69) is 15.5 Å². The largest absolute Gasteiger partial charge is 0.354 e. The highest BCUT2D eigenvalue weighted by Crippen LogP contribution is 2.35. The first-order valence-corrected chi connectivity index (χ1v) is 9.46. The molecular weight excluding hydrogens is 381 g/mol. The molecule has 1 fully saturated rings. The molecule has 0 bridgehead atoms. The van der Waals surface area contributed by atoms with Crippen LogP contribution < -0.4 is 10.6 Å². The molecule has 0 aromatic heterocycles. The van der Waals surface area contributed by atoms with Crippen LogP contribution in [0.1, 0.15) is 32.3 Å². The van der Waals surface area contributed by atoms with Gasteiger partial charge in [0.25, 0.3) is 0 Å². The van der Waals surface area contributed by atoms with Crippen molar-refractivity contribution in [2.45, 2.75) is 32.1 Å². The Bertz CT molecular complexity index is 558. The van der Waals surface area contributed by atoms with Crippen molar-refractivity contribution in [1.29, 1.82) is 0 Å². The van der Waals surface area contributed by atoms with Crippen LogP contribution in [0.15, 0.2) is 18.2 Å². The fourth-order valence-corrected chi connectivity index (χ4v) is 3.63. The van der Waals surface area contributed by atoms with Crippen molar-refractivity contribution >= 4 is 41.5 Å². The number of amides is 1. The van der Waals surface area contributed by atoms with E-state index in [9.17, 15) is 4.79 Å². The van der Waals surface area contributed by atoms with Gasteiger partial charge in [0.2, 0.25) is 5.91 Å². The Balaban J connectivity index is 0.00000312. The van der Waals surface area contributed by atoms with E-state index >= 15 is 0 Å². The quantitative estimate of drug-likeness (QED) is 0.726. The number of rotatable bonds is 7. The molecule has 7 heteroatoms. The van der Waals surface area contributed by atoms with E-state index in [1.54, 1.807) is 6.07 Å². The van der Waals surface area contributed by atoms with Crippen molar-refractivity contribution in [2.24, 2.45) is 0 Å². The van der Waals surface area contributed by atoms with Gasteiger partial charge in [0, 0.05) is 39.3 Å². The number of halogens is 3. The van der Waals surface area contributed by atoms with E-state index in [1.807, 2.05) is 26.0 Å². The van der Waals surface area contributed by atoms with Crippen molar-refractivity contribution in [3.05, 3.63) is 33.8 Å². The molecule has 1 amide bonds. The summed E-state index contributed by atoms with van der Waals surface area (Å²) >= 11 is 12.2. The van der Waals surface area contributed by atoms with Crippen molar-refractivity contribution in [2.75, 3.05) is 39.3 Å². The molecular formula is C18H28Cl3N3O. The third-order valence-electron chi connectivity index (χ3n) is 5.04. The monoisotopic (exact) mass is 407 g/mol. The number of carbonyl (C=O) groups excluding carboxylic acids is 1. The minimum atomic E-state index is -0.558. The number of benzene rings is 1. The molecule has 0 saturated carbocycles. The third-order valence-corrected chi connectivity index (χ3v) is 5.78. The molecule has 1 saturated heterocycles. The van der Waals surface area contributed by atoms with Crippen LogP contribution in [0.4, 0.5) is 0 Å². The molecule has 25 heavy (non-hydrogen) atoms. The summed E-state index contributed by atoms with van der Waals surface area (Å²) in [6.45, 7) is 9.75. The van der Waals surface area contributed by atoms with Crippen molar-refractivity contribution in [3.63, 3.8) is 0 Å². The highest BCUT2D eigenvalue weighted by atomic mass is 35.5. The van der Waals surface area contributed by atoms with Crippen molar-refractivity contribution in [1.82, 2.24) is 15.5 Å². The predicted molar refractivity (Wildman–Crippen MR) is 108 cm³/mol. The van der Waals surface area contributed by atoms with Gasteiger partial charge in [-0.1, -0.05) is 43.1 Å². The Morgan fingerprint density at radius 3 is 2.40 bits per heavy atom. The second-order valence-electron chi connectivity index (χ2n) is 6.27. The first-order valence-electron chi connectivity index (χ1n) is 8.70. The summed E-state index contributed by atoms with van der Waals surface area (Å²) in [5, 5.41) is 7.47. The molecule has 0 unspecified atom stereocenters.